The number of furan rings is 1. The third-order valence-corrected chi connectivity index (χ3v) is 4.82. The molecule has 31 heavy (non-hydrogen) atoms. The molecule has 2 amide bonds. The number of nitrogens with zero attached hydrogens (tertiary/aromatic N) is 1. The van der Waals surface area contributed by atoms with Gasteiger partial charge in [0.15, 0.2) is 0 Å². The van der Waals surface area contributed by atoms with Gasteiger partial charge in [-0.05, 0) is 44.9 Å². The quantitative estimate of drug-likeness (QED) is 0.513. The number of β-lactam (4-membered cyclic amide) rings is 1. The summed E-state index contributed by atoms with van der Waals surface area (Å²) < 4.78 is 15.9. The number of ether oxygens (including phenoxy) is 2. The Balaban J connectivity index is 1.59. The summed E-state index contributed by atoms with van der Waals surface area (Å²) in [5.74, 6) is -0.0788. The molecule has 1 saturated heterocycles. The lowest BCUT2D eigenvalue weighted by molar-refractivity contribution is -0.162. The number of amides is 2. The molecule has 1 aliphatic heterocycles. The highest BCUT2D eigenvalue weighted by Crippen LogP contribution is 2.25. The van der Waals surface area contributed by atoms with Gasteiger partial charge in [0, 0.05) is 6.42 Å². The van der Waals surface area contributed by atoms with E-state index in [-0.39, 0.29) is 25.1 Å². The first-order valence-corrected chi connectivity index (χ1v) is 10.2. The molecule has 0 spiro atoms. The van der Waals surface area contributed by atoms with Crippen molar-refractivity contribution in [1.29, 1.82) is 0 Å². The van der Waals surface area contributed by atoms with E-state index in [4.69, 9.17) is 13.9 Å². The first kappa shape index (κ1) is 22.4. The van der Waals surface area contributed by atoms with Crippen molar-refractivity contribution < 1.29 is 28.3 Å². The zero-order valence-corrected chi connectivity index (χ0v) is 18.0. The maximum absolute atomic E-state index is 12.7. The fourth-order valence-electron chi connectivity index (χ4n) is 3.38. The van der Waals surface area contributed by atoms with E-state index >= 15 is 0 Å². The number of alkyl carbamates (subject to hydrolysis) is 1. The minimum absolute atomic E-state index is 0.137. The number of aryl methyl sites for hydroxylation is 1. The SMILES string of the molecule is CC(C)(C)OC(=O)N[C@@H]1C(=O)N(CC(=O)OCc2ccccc2)[C@@H]1CCc1ccco1. The van der Waals surface area contributed by atoms with Crippen LogP contribution in [0.4, 0.5) is 4.79 Å². The molecule has 1 aliphatic rings. The molecular weight excluding hydrogens is 400 g/mol. The van der Waals surface area contributed by atoms with E-state index in [9.17, 15) is 14.4 Å². The highest BCUT2D eigenvalue weighted by Gasteiger charge is 2.49. The Bertz CT molecular complexity index is 889. The van der Waals surface area contributed by atoms with Crippen LogP contribution >= 0.6 is 0 Å². The van der Waals surface area contributed by atoms with Gasteiger partial charge in [-0.25, -0.2) is 4.79 Å². The van der Waals surface area contributed by atoms with Crippen molar-refractivity contribution in [2.45, 2.75) is 57.9 Å². The van der Waals surface area contributed by atoms with Crippen molar-refractivity contribution in [3.8, 4) is 0 Å². The predicted molar refractivity (Wildman–Crippen MR) is 112 cm³/mol. The predicted octanol–water partition coefficient (Wildman–Crippen LogP) is 3.06. The first-order valence-electron chi connectivity index (χ1n) is 10.2. The largest absolute Gasteiger partial charge is 0.469 e. The van der Waals surface area contributed by atoms with Crippen LogP contribution in [0, 0.1) is 0 Å². The lowest BCUT2D eigenvalue weighted by Gasteiger charge is -2.46. The van der Waals surface area contributed by atoms with Crippen LogP contribution in [0.15, 0.2) is 53.1 Å². The van der Waals surface area contributed by atoms with Crippen LogP contribution in [0.5, 0.6) is 0 Å². The molecule has 2 heterocycles. The lowest BCUT2D eigenvalue weighted by atomic mass is 9.90. The second-order valence-electron chi connectivity index (χ2n) is 8.42. The van der Waals surface area contributed by atoms with Gasteiger partial charge in [0.1, 0.15) is 30.6 Å². The van der Waals surface area contributed by atoms with Crippen molar-refractivity contribution in [2.24, 2.45) is 0 Å². The van der Waals surface area contributed by atoms with E-state index in [0.29, 0.717) is 12.8 Å². The Morgan fingerprint density at radius 2 is 1.87 bits per heavy atom. The van der Waals surface area contributed by atoms with Gasteiger partial charge in [-0.1, -0.05) is 30.3 Å². The number of nitrogens with one attached hydrogen (secondary N) is 1. The van der Waals surface area contributed by atoms with Crippen LogP contribution < -0.4 is 5.32 Å². The Morgan fingerprint density at radius 1 is 1.13 bits per heavy atom. The number of rotatable bonds is 8. The molecule has 0 radical (unpaired) electrons. The number of carbonyl (C=O) groups excluding carboxylic acids is 3. The number of hydrogen-bond donors (Lipinski definition) is 1. The number of hydrogen-bond acceptors (Lipinski definition) is 6. The highest BCUT2D eigenvalue weighted by molar-refractivity contribution is 5.94. The summed E-state index contributed by atoms with van der Waals surface area (Å²) in [6.45, 7) is 5.20. The van der Waals surface area contributed by atoms with Gasteiger partial charge in [-0.2, -0.15) is 0 Å². The molecule has 8 nitrogen and oxygen atoms in total. The summed E-state index contributed by atoms with van der Waals surface area (Å²) in [5.41, 5.74) is 0.186. The average molecular weight is 428 g/mol. The fourth-order valence-corrected chi connectivity index (χ4v) is 3.38. The Labute approximate surface area is 181 Å². The summed E-state index contributed by atoms with van der Waals surface area (Å²) in [6, 6.07) is 11.8. The van der Waals surface area contributed by atoms with Gasteiger partial charge in [0.05, 0.1) is 12.3 Å². The molecular formula is C23H28N2O6. The minimum Gasteiger partial charge on any atom is -0.469 e. The normalized spacial score (nSPS) is 18.3. The molecule has 1 fully saturated rings. The third kappa shape index (κ3) is 6.34. The maximum Gasteiger partial charge on any atom is 0.408 e. The molecule has 1 aromatic heterocycles. The van der Waals surface area contributed by atoms with E-state index in [1.54, 1.807) is 33.1 Å². The van der Waals surface area contributed by atoms with Crippen molar-refractivity contribution in [2.75, 3.05) is 6.54 Å². The molecule has 2 atom stereocenters. The molecule has 3 rings (SSSR count). The molecule has 8 heteroatoms. The number of benzene rings is 1. The number of likely N-dealkylation sites (tertiary alicyclic amines) is 1. The first-order chi connectivity index (χ1) is 14.7. The second kappa shape index (κ2) is 9.68. The molecule has 0 aliphatic carbocycles. The van der Waals surface area contributed by atoms with E-state index in [0.717, 1.165) is 11.3 Å². The molecule has 0 bridgehead atoms. The van der Waals surface area contributed by atoms with Gasteiger partial charge >= 0.3 is 12.1 Å². The van der Waals surface area contributed by atoms with E-state index in [1.807, 2.05) is 36.4 Å². The Kier molecular flexibility index (Phi) is 6.99. The van der Waals surface area contributed by atoms with Crippen LogP contribution in [0.1, 0.15) is 38.5 Å². The smallest absolute Gasteiger partial charge is 0.408 e. The molecule has 0 saturated carbocycles. The van der Waals surface area contributed by atoms with Gasteiger partial charge in [-0.3, -0.25) is 9.59 Å². The molecule has 1 aromatic carbocycles. The summed E-state index contributed by atoms with van der Waals surface area (Å²) in [4.78, 5) is 38.6. The fraction of sp³-hybridized carbons (Fsp3) is 0.435. The monoisotopic (exact) mass is 428 g/mol. The molecule has 2 aromatic rings. The van der Waals surface area contributed by atoms with Crippen LogP contribution in [0.25, 0.3) is 0 Å². The van der Waals surface area contributed by atoms with Gasteiger partial charge < -0.3 is 24.1 Å². The molecule has 0 unspecified atom stereocenters. The van der Waals surface area contributed by atoms with Crippen molar-refractivity contribution >= 4 is 18.0 Å². The van der Waals surface area contributed by atoms with Crippen LogP contribution in [0.2, 0.25) is 0 Å². The third-order valence-electron chi connectivity index (χ3n) is 4.82. The molecule has 1 N–H and O–H groups in total. The van der Waals surface area contributed by atoms with Gasteiger partial charge in [0.2, 0.25) is 5.91 Å². The Hall–Kier alpha value is -3.29. The Morgan fingerprint density at radius 3 is 2.52 bits per heavy atom. The molecule has 166 valence electrons. The minimum atomic E-state index is -0.758. The van der Waals surface area contributed by atoms with Gasteiger partial charge in [0.25, 0.3) is 0 Å². The van der Waals surface area contributed by atoms with E-state index in [2.05, 4.69) is 5.32 Å². The zero-order valence-electron chi connectivity index (χ0n) is 18.0. The van der Waals surface area contributed by atoms with Crippen LogP contribution in [0.3, 0.4) is 0 Å². The standard InChI is InChI=1S/C23H28N2O6/c1-23(2,3)31-22(28)24-20-18(12-11-17-10-7-13-29-17)25(21(20)27)14-19(26)30-15-16-8-5-4-6-9-16/h4-10,13,18,20H,11-12,14-15H2,1-3H3,(H,24,28)/t18-,20+/m1/s1. The van der Waals surface area contributed by atoms with Crippen molar-refractivity contribution in [3.05, 3.63) is 60.1 Å². The number of esters is 1. The highest BCUT2D eigenvalue weighted by atomic mass is 16.6. The van der Waals surface area contributed by atoms with Crippen molar-refractivity contribution in [3.63, 3.8) is 0 Å². The summed E-state index contributed by atoms with van der Waals surface area (Å²) in [6.07, 6.45) is 2.00. The lowest BCUT2D eigenvalue weighted by Crippen LogP contribution is -2.71. The average Bonchev–Trinajstić information content (AvgIpc) is 3.23. The van der Waals surface area contributed by atoms with E-state index in [1.165, 1.54) is 4.90 Å². The van der Waals surface area contributed by atoms with Crippen molar-refractivity contribution in [1.82, 2.24) is 10.2 Å². The van der Waals surface area contributed by atoms with Crippen LogP contribution in [-0.4, -0.2) is 47.1 Å². The second-order valence-corrected chi connectivity index (χ2v) is 8.42. The summed E-state index contributed by atoms with van der Waals surface area (Å²) in [5, 5.41) is 2.63. The summed E-state index contributed by atoms with van der Waals surface area (Å²) in [7, 11) is 0. The maximum atomic E-state index is 12.7. The topological polar surface area (TPSA) is 98.1 Å². The van der Waals surface area contributed by atoms with Gasteiger partial charge in [-0.15, -0.1) is 0 Å². The zero-order chi connectivity index (χ0) is 22.4. The van der Waals surface area contributed by atoms with Crippen LogP contribution in [-0.2, 0) is 32.1 Å². The van der Waals surface area contributed by atoms with E-state index < -0.39 is 23.7 Å². The number of carbonyl (C=O) groups is 3. The summed E-state index contributed by atoms with van der Waals surface area (Å²) >= 11 is 0.